The van der Waals surface area contributed by atoms with E-state index < -0.39 is 0 Å². The Morgan fingerprint density at radius 3 is 2.63 bits per heavy atom. The molecule has 2 atom stereocenters. The van der Waals surface area contributed by atoms with Crippen molar-refractivity contribution in [3.05, 3.63) is 0 Å². The number of hydrogen-bond donors (Lipinski definition) is 2. The van der Waals surface area contributed by atoms with E-state index in [9.17, 15) is 0 Å². The van der Waals surface area contributed by atoms with Gasteiger partial charge < -0.3 is 15.5 Å². The quantitative estimate of drug-likeness (QED) is 0.310. The number of aliphatic imine (C=N–C) groups is 1. The van der Waals surface area contributed by atoms with Crippen molar-refractivity contribution in [1.82, 2.24) is 15.5 Å². The predicted molar refractivity (Wildman–Crippen MR) is 98.0 cm³/mol. The normalized spacial score (nSPS) is 23.3. The summed E-state index contributed by atoms with van der Waals surface area (Å²) in [5, 5.41) is 7.75. The highest BCUT2D eigenvalue weighted by atomic mass is 127. The third kappa shape index (κ3) is 8.24. The number of thioether (sulfide) groups is 1. The fourth-order valence-electron chi connectivity index (χ4n) is 2.28. The Hall–Kier alpha value is 0.310. The molecule has 0 spiro atoms. The van der Waals surface area contributed by atoms with E-state index in [2.05, 4.69) is 40.9 Å². The molecule has 19 heavy (non-hydrogen) atoms. The van der Waals surface area contributed by atoms with E-state index in [1.165, 1.54) is 19.3 Å². The van der Waals surface area contributed by atoms with Crippen LogP contribution in [0.5, 0.6) is 0 Å². The average Bonchev–Trinajstić information content (AvgIpc) is 2.80. The first-order valence-electron chi connectivity index (χ1n) is 6.80. The van der Waals surface area contributed by atoms with Gasteiger partial charge in [-0.05, 0) is 52.6 Å². The molecular formula is C13H29IN4S. The van der Waals surface area contributed by atoms with Gasteiger partial charge in [-0.1, -0.05) is 0 Å². The number of rotatable bonds is 6. The summed E-state index contributed by atoms with van der Waals surface area (Å²) in [6.45, 7) is 2.10. The number of guanidine groups is 1. The number of halogens is 1. The molecule has 1 saturated carbocycles. The van der Waals surface area contributed by atoms with Crippen molar-refractivity contribution in [2.45, 2.75) is 37.0 Å². The first-order chi connectivity index (χ1) is 8.65. The van der Waals surface area contributed by atoms with Gasteiger partial charge in [0.1, 0.15) is 0 Å². The monoisotopic (exact) mass is 400 g/mol. The minimum absolute atomic E-state index is 0. The third-order valence-corrected chi connectivity index (χ3v) is 4.45. The Kier molecular flexibility index (Phi) is 11.2. The summed E-state index contributed by atoms with van der Waals surface area (Å²) in [6, 6.07) is 0.600. The molecule has 0 aromatic rings. The van der Waals surface area contributed by atoms with Gasteiger partial charge in [-0.3, -0.25) is 4.99 Å². The Morgan fingerprint density at radius 1 is 1.37 bits per heavy atom. The number of hydrogen-bond acceptors (Lipinski definition) is 3. The highest BCUT2D eigenvalue weighted by molar-refractivity contribution is 14.0. The van der Waals surface area contributed by atoms with E-state index >= 15 is 0 Å². The van der Waals surface area contributed by atoms with Crippen LogP contribution in [0.4, 0.5) is 0 Å². The highest BCUT2D eigenvalue weighted by Gasteiger charge is 2.24. The van der Waals surface area contributed by atoms with Crippen molar-refractivity contribution >= 4 is 41.7 Å². The molecule has 4 nitrogen and oxygen atoms in total. The molecule has 0 bridgehead atoms. The van der Waals surface area contributed by atoms with Crippen molar-refractivity contribution in [3.63, 3.8) is 0 Å². The van der Waals surface area contributed by atoms with Crippen LogP contribution in [-0.4, -0.2) is 62.6 Å². The maximum atomic E-state index is 4.29. The molecule has 0 radical (unpaired) electrons. The van der Waals surface area contributed by atoms with Gasteiger partial charge in [-0.25, -0.2) is 0 Å². The van der Waals surface area contributed by atoms with E-state index in [1.54, 1.807) is 0 Å². The summed E-state index contributed by atoms with van der Waals surface area (Å²) < 4.78 is 0. The number of nitrogens with zero attached hydrogens (tertiary/aromatic N) is 2. The average molecular weight is 400 g/mol. The van der Waals surface area contributed by atoms with Gasteiger partial charge in [-0.2, -0.15) is 11.8 Å². The van der Waals surface area contributed by atoms with Crippen LogP contribution in [0.25, 0.3) is 0 Å². The fraction of sp³-hybridized carbons (Fsp3) is 0.923. The van der Waals surface area contributed by atoms with E-state index in [-0.39, 0.29) is 24.0 Å². The van der Waals surface area contributed by atoms with E-state index in [1.807, 2.05) is 18.8 Å². The summed E-state index contributed by atoms with van der Waals surface area (Å²) >= 11 is 1.99. The summed E-state index contributed by atoms with van der Waals surface area (Å²) in [4.78, 5) is 6.50. The minimum atomic E-state index is 0. The zero-order valence-electron chi connectivity index (χ0n) is 12.6. The second-order valence-corrected chi connectivity index (χ2v) is 6.31. The Bertz CT molecular complexity index is 261. The Balaban J connectivity index is 0.00000324. The zero-order valence-corrected chi connectivity index (χ0v) is 15.8. The molecule has 1 aliphatic rings. The van der Waals surface area contributed by atoms with Gasteiger partial charge in [0.2, 0.25) is 0 Å². The zero-order chi connectivity index (χ0) is 13.4. The smallest absolute Gasteiger partial charge is 0.191 e. The van der Waals surface area contributed by atoms with Crippen LogP contribution in [0.3, 0.4) is 0 Å². The second-order valence-electron chi connectivity index (χ2n) is 5.17. The van der Waals surface area contributed by atoms with Gasteiger partial charge in [0.15, 0.2) is 5.96 Å². The topological polar surface area (TPSA) is 39.7 Å². The van der Waals surface area contributed by atoms with Crippen LogP contribution in [0.15, 0.2) is 4.99 Å². The minimum Gasteiger partial charge on any atom is -0.356 e. The van der Waals surface area contributed by atoms with E-state index in [0.717, 1.165) is 30.7 Å². The molecule has 1 aliphatic carbocycles. The fourth-order valence-corrected chi connectivity index (χ4v) is 3.07. The van der Waals surface area contributed by atoms with Crippen molar-refractivity contribution in [2.75, 3.05) is 40.5 Å². The van der Waals surface area contributed by atoms with Crippen molar-refractivity contribution in [1.29, 1.82) is 0 Å². The molecular weight excluding hydrogens is 371 g/mol. The lowest BCUT2D eigenvalue weighted by atomic mass is 10.2. The SMILES string of the molecule is CN=C(NCCCN(C)C)NC1CCC(SC)C1.I. The maximum Gasteiger partial charge on any atom is 0.191 e. The van der Waals surface area contributed by atoms with Crippen molar-refractivity contribution < 1.29 is 0 Å². The summed E-state index contributed by atoms with van der Waals surface area (Å²) in [5.74, 6) is 0.959. The van der Waals surface area contributed by atoms with Gasteiger partial charge in [0, 0.05) is 24.9 Å². The van der Waals surface area contributed by atoms with Gasteiger partial charge >= 0.3 is 0 Å². The van der Waals surface area contributed by atoms with Crippen LogP contribution in [0.1, 0.15) is 25.7 Å². The van der Waals surface area contributed by atoms with E-state index in [0.29, 0.717) is 6.04 Å². The molecule has 6 heteroatoms. The molecule has 0 saturated heterocycles. The lowest BCUT2D eigenvalue weighted by Crippen LogP contribution is -2.43. The molecule has 0 heterocycles. The molecule has 2 N–H and O–H groups in total. The van der Waals surface area contributed by atoms with Crippen molar-refractivity contribution in [3.8, 4) is 0 Å². The molecule has 1 fully saturated rings. The summed E-state index contributed by atoms with van der Waals surface area (Å²) in [6.07, 6.45) is 7.22. The molecule has 2 unspecified atom stereocenters. The lowest BCUT2D eigenvalue weighted by molar-refractivity contribution is 0.399. The van der Waals surface area contributed by atoms with Crippen LogP contribution in [-0.2, 0) is 0 Å². The van der Waals surface area contributed by atoms with Crippen molar-refractivity contribution in [2.24, 2.45) is 4.99 Å². The molecule has 0 amide bonds. The molecule has 0 aliphatic heterocycles. The molecule has 0 aromatic carbocycles. The largest absolute Gasteiger partial charge is 0.356 e. The Labute approximate surface area is 139 Å². The molecule has 0 aromatic heterocycles. The van der Waals surface area contributed by atoms with Gasteiger partial charge in [0.25, 0.3) is 0 Å². The summed E-state index contributed by atoms with van der Waals surface area (Å²) in [5.41, 5.74) is 0. The maximum absolute atomic E-state index is 4.29. The Morgan fingerprint density at radius 2 is 2.11 bits per heavy atom. The third-order valence-electron chi connectivity index (χ3n) is 3.36. The highest BCUT2D eigenvalue weighted by Crippen LogP contribution is 2.27. The van der Waals surface area contributed by atoms with Crippen LogP contribution in [0.2, 0.25) is 0 Å². The van der Waals surface area contributed by atoms with Gasteiger partial charge in [0.05, 0.1) is 0 Å². The van der Waals surface area contributed by atoms with Crippen LogP contribution in [0, 0.1) is 0 Å². The molecule has 114 valence electrons. The first kappa shape index (κ1) is 19.3. The first-order valence-corrected chi connectivity index (χ1v) is 8.09. The van der Waals surface area contributed by atoms with E-state index in [4.69, 9.17) is 0 Å². The predicted octanol–water partition coefficient (Wildman–Crippen LogP) is 2.01. The van der Waals surface area contributed by atoms with Crippen LogP contribution >= 0.6 is 35.7 Å². The summed E-state index contributed by atoms with van der Waals surface area (Å²) in [7, 11) is 6.06. The van der Waals surface area contributed by atoms with Gasteiger partial charge in [-0.15, -0.1) is 24.0 Å². The second kappa shape index (κ2) is 11.0. The lowest BCUT2D eigenvalue weighted by Gasteiger charge is -2.18. The standard InChI is InChI=1S/C13H28N4S.HI/c1-14-13(15-8-5-9-17(2)3)16-11-6-7-12(10-11)18-4;/h11-12H,5-10H2,1-4H3,(H2,14,15,16);1H. The molecule has 1 rings (SSSR count). The van der Waals surface area contributed by atoms with Crippen LogP contribution < -0.4 is 10.6 Å². The number of nitrogens with one attached hydrogen (secondary N) is 2.